The lowest BCUT2D eigenvalue weighted by Gasteiger charge is -2.34. The van der Waals surface area contributed by atoms with E-state index in [2.05, 4.69) is 94.3 Å². The summed E-state index contributed by atoms with van der Waals surface area (Å²) in [7, 11) is 0. The van der Waals surface area contributed by atoms with Gasteiger partial charge in [0.15, 0.2) is 5.78 Å². The first-order valence-corrected chi connectivity index (χ1v) is 20.8. The van der Waals surface area contributed by atoms with Gasteiger partial charge in [-0.15, -0.1) is 4.33 Å². The number of rotatable bonds is 12. The molecule has 0 atom stereocenters. The van der Waals surface area contributed by atoms with Gasteiger partial charge in [0.05, 0.1) is 23.0 Å². The van der Waals surface area contributed by atoms with Crippen molar-refractivity contribution in [3.05, 3.63) is 232 Å². The molecule has 0 saturated carbocycles. The van der Waals surface area contributed by atoms with Crippen LogP contribution in [0.1, 0.15) is 60.4 Å². The highest BCUT2D eigenvalue weighted by Crippen LogP contribution is 2.56. The maximum atomic E-state index is 13.8. The second-order valence-corrected chi connectivity index (χ2v) is 15.8. The molecule has 0 bridgehead atoms. The maximum Gasteiger partial charge on any atom is 0.193 e. The van der Waals surface area contributed by atoms with Crippen LogP contribution in [0.15, 0.2) is 181 Å². The van der Waals surface area contributed by atoms with Crippen molar-refractivity contribution in [2.24, 2.45) is 0 Å². The van der Waals surface area contributed by atoms with Crippen molar-refractivity contribution >= 4 is 17.8 Å². The molecule has 0 unspecified atom stereocenters. The van der Waals surface area contributed by atoms with E-state index in [1.807, 2.05) is 80.6 Å². The molecule has 9 heteroatoms. The summed E-state index contributed by atoms with van der Waals surface area (Å²) in [5.74, 6) is 1.84. The zero-order chi connectivity index (χ0) is 43.5. The molecule has 0 amide bonds. The first-order chi connectivity index (χ1) is 30.8. The van der Waals surface area contributed by atoms with Crippen LogP contribution >= 0.6 is 12.0 Å². The average Bonchev–Trinajstić information content (AvgIpc) is 3.62. The van der Waals surface area contributed by atoms with Gasteiger partial charge >= 0.3 is 0 Å². The van der Waals surface area contributed by atoms with Crippen LogP contribution in [-0.2, 0) is 14.8 Å². The molecule has 0 spiro atoms. The van der Waals surface area contributed by atoms with Crippen molar-refractivity contribution in [2.45, 2.75) is 24.2 Å². The summed E-state index contributed by atoms with van der Waals surface area (Å²) < 4.78 is 17.3. The largest absolute Gasteiger partial charge is 0.456 e. The fourth-order valence-corrected chi connectivity index (χ4v) is 9.02. The molecule has 304 valence electrons. The lowest BCUT2D eigenvalue weighted by atomic mass is 9.68. The number of ether oxygens (including phenoxy) is 2. The highest BCUT2D eigenvalue weighted by Gasteiger charge is 2.46. The number of nitriles is 2. The van der Waals surface area contributed by atoms with E-state index in [4.69, 9.17) is 14.7 Å². The number of carbonyl (C=O) groups is 1. The summed E-state index contributed by atoms with van der Waals surface area (Å²) in [5, 5.41) is 32.7. The van der Waals surface area contributed by atoms with E-state index < -0.39 is 5.41 Å². The molecule has 1 aliphatic rings. The zero-order valence-electron chi connectivity index (χ0n) is 34.0. The van der Waals surface area contributed by atoms with Crippen LogP contribution in [0.3, 0.4) is 0 Å². The second-order valence-electron chi connectivity index (χ2n) is 15.1. The molecule has 63 heavy (non-hydrogen) atoms. The van der Waals surface area contributed by atoms with Gasteiger partial charge in [-0.05, 0) is 119 Å². The van der Waals surface area contributed by atoms with E-state index in [-0.39, 0.29) is 5.78 Å². The Balaban J connectivity index is 1.06. The zero-order valence-corrected chi connectivity index (χ0v) is 34.9. The Hall–Kier alpha value is -7.76. The van der Waals surface area contributed by atoms with Gasteiger partial charge in [0, 0.05) is 21.6 Å². The van der Waals surface area contributed by atoms with Crippen LogP contribution in [0.4, 0.5) is 0 Å². The first-order valence-electron chi connectivity index (χ1n) is 20.0. The lowest BCUT2D eigenvalue weighted by Crippen LogP contribution is -2.28. The van der Waals surface area contributed by atoms with Gasteiger partial charge in [0.25, 0.3) is 0 Å². The Kier molecular flexibility index (Phi) is 11.2. The van der Waals surface area contributed by atoms with Crippen LogP contribution in [0.5, 0.6) is 23.0 Å². The van der Waals surface area contributed by atoms with Crippen LogP contribution < -0.4 is 9.47 Å². The minimum absolute atomic E-state index is 0.210. The molecule has 0 aromatic heterocycles. The molecular formula is C54H36N2O6S. The normalized spacial score (nSPS) is 12.1. The molecule has 8 nitrogen and oxygen atoms in total. The SMILES string of the molecule is Cc1ccc(-c2cccc(Oc3ccc(C4(c5ccc(Oc6cccc(C)c6C#N)cc5)c5ccccc5-c5ccccc54)cc3)c2C#N)cc1C(=O)c1cccc(SOOO)c1. The van der Waals surface area contributed by atoms with E-state index in [1.165, 1.54) is 0 Å². The Morgan fingerprint density at radius 1 is 0.571 bits per heavy atom. The number of hydrogen-bond donors (Lipinski definition) is 1. The summed E-state index contributed by atoms with van der Waals surface area (Å²) in [4.78, 5) is 14.4. The third-order valence-corrected chi connectivity index (χ3v) is 12.1. The van der Waals surface area contributed by atoms with E-state index in [0.717, 1.165) is 56.6 Å². The Bertz CT molecular complexity index is 3090. The van der Waals surface area contributed by atoms with Gasteiger partial charge in [0.1, 0.15) is 40.7 Å². The molecule has 8 aromatic rings. The van der Waals surface area contributed by atoms with Crippen molar-refractivity contribution in [3.8, 4) is 57.4 Å². The van der Waals surface area contributed by atoms with Crippen molar-refractivity contribution in [3.63, 3.8) is 0 Å². The minimum atomic E-state index is -0.689. The molecule has 0 saturated heterocycles. The monoisotopic (exact) mass is 840 g/mol. The standard InChI is InChI=1S/C54H36N2O6S/c1-34-10-7-18-51(47(34)32-55)59-40-26-22-38(23-27-40)54(49-16-5-3-13-44(49)45-14-4-6-17-50(45)54)39-24-28-41(29-25-39)60-52-19-9-15-43(48(52)33-56)36-21-20-35(2)46(31-36)53(57)37-11-8-12-42(30-37)63-62-61-58/h3-31,58H,1-2H3. The predicted octanol–water partition coefficient (Wildman–Crippen LogP) is 13.3. The van der Waals surface area contributed by atoms with Crippen molar-refractivity contribution in [1.82, 2.24) is 0 Å². The number of hydrogen-bond acceptors (Lipinski definition) is 9. The topological polar surface area (TPSA) is 122 Å². The molecule has 8 aromatic carbocycles. The molecule has 1 N–H and O–H groups in total. The predicted molar refractivity (Wildman–Crippen MR) is 242 cm³/mol. The molecular weight excluding hydrogens is 805 g/mol. The summed E-state index contributed by atoms with van der Waals surface area (Å²) in [5.41, 5.74) is 10.6. The minimum Gasteiger partial charge on any atom is -0.456 e. The highest BCUT2D eigenvalue weighted by atomic mass is 32.2. The first kappa shape index (κ1) is 40.6. The molecule has 0 fully saturated rings. The molecule has 9 rings (SSSR count). The number of benzene rings is 8. The summed E-state index contributed by atoms with van der Waals surface area (Å²) >= 11 is 0.774. The van der Waals surface area contributed by atoms with Crippen LogP contribution in [0.2, 0.25) is 0 Å². The number of ketones is 1. The summed E-state index contributed by atoms with van der Waals surface area (Å²) in [6.45, 7) is 3.76. The number of aryl methyl sites for hydroxylation is 2. The molecule has 0 heterocycles. The van der Waals surface area contributed by atoms with Crippen molar-refractivity contribution in [2.75, 3.05) is 0 Å². The van der Waals surface area contributed by atoms with Crippen LogP contribution in [0, 0.1) is 36.5 Å². The quantitative estimate of drug-likeness (QED) is 0.0554. The fourth-order valence-electron chi connectivity index (χ4n) is 8.60. The van der Waals surface area contributed by atoms with Crippen LogP contribution in [0.25, 0.3) is 22.3 Å². The number of carbonyl (C=O) groups excluding carboxylic acids is 1. The third kappa shape index (κ3) is 7.42. The van der Waals surface area contributed by atoms with Crippen molar-refractivity contribution in [1.29, 1.82) is 10.5 Å². The van der Waals surface area contributed by atoms with Gasteiger partial charge < -0.3 is 9.47 Å². The maximum absolute atomic E-state index is 13.8. The summed E-state index contributed by atoms with van der Waals surface area (Å²) in [6.07, 6.45) is 0. The average molecular weight is 841 g/mol. The molecule has 1 aliphatic carbocycles. The van der Waals surface area contributed by atoms with Crippen LogP contribution in [-0.4, -0.2) is 11.0 Å². The fraction of sp³-hybridized carbons (Fsp3) is 0.0556. The van der Waals surface area contributed by atoms with Gasteiger partial charge in [-0.25, -0.2) is 5.26 Å². The summed E-state index contributed by atoms with van der Waals surface area (Å²) in [6, 6.07) is 61.1. The number of nitrogens with zero attached hydrogens (tertiary/aromatic N) is 2. The molecule has 0 radical (unpaired) electrons. The smallest absolute Gasteiger partial charge is 0.193 e. The van der Waals surface area contributed by atoms with E-state index in [9.17, 15) is 15.3 Å². The van der Waals surface area contributed by atoms with E-state index in [1.54, 1.807) is 36.4 Å². The van der Waals surface area contributed by atoms with Gasteiger partial charge in [-0.2, -0.15) is 10.5 Å². The Morgan fingerprint density at radius 3 is 1.73 bits per heavy atom. The third-order valence-electron chi connectivity index (χ3n) is 11.5. The lowest BCUT2D eigenvalue weighted by molar-refractivity contribution is -0.432. The van der Waals surface area contributed by atoms with Gasteiger partial charge in [0.2, 0.25) is 0 Å². The number of fused-ring (bicyclic) bond motifs is 3. The Labute approximate surface area is 368 Å². The van der Waals surface area contributed by atoms with E-state index in [0.29, 0.717) is 61.3 Å². The van der Waals surface area contributed by atoms with Crippen molar-refractivity contribution < 1.29 is 28.9 Å². The second kappa shape index (κ2) is 17.3. The highest BCUT2D eigenvalue weighted by molar-refractivity contribution is 7.94. The molecule has 0 aliphatic heterocycles. The van der Waals surface area contributed by atoms with E-state index >= 15 is 0 Å². The Morgan fingerprint density at radius 2 is 1.13 bits per heavy atom. The van der Waals surface area contributed by atoms with Gasteiger partial charge in [-0.3, -0.25) is 4.79 Å². The van der Waals surface area contributed by atoms with Gasteiger partial charge in [-0.1, -0.05) is 126 Å².